The van der Waals surface area contributed by atoms with Crippen LogP contribution in [0.3, 0.4) is 0 Å². The van der Waals surface area contributed by atoms with Crippen LogP contribution < -0.4 is 5.32 Å². The first-order chi connectivity index (χ1) is 18.5. The van der Waals surface area contributed by atoms with Crippen LogP contribution in [-0.2, 0) is 20.9 Å². The van der Waals surface area contributed by atoms with E-state index in [1.165, 1.54) is 4.90 Å². The smallest absolute Gasteiger partial charge is 0.407 e. The topological polar surface area (TPSA) is 95.9 Å². The Hall–Kier alpha value is -4.13. The molecule has 7 nitrogen and oxygen atoms in total. The van der Waals surface area contributed by atoms with Crippen molar-refractivity contribution in [2.75, 3.05) is 13.2 Å². The van der Waals surface area contributed by atoms with E-state index in [2.05, 4.69) is 29.6 Å². The lowest BCUT2D eigenvalue weighted by molar-refractivity contribution is -0.145. The quantitative estimate of drug-likeness (QED) is 0.329. The average Bonchev–Trinajstić information content (AvgIpc) is 3.24. The summed E-state index contributed by atoms with van der Waals surface area (Å²) in [5.41, 5.74) is 5.41. The van der Waals surface area contributed by atoms with Crippen molar-refractivity contribution in [1.82, 2.24) is 10.2 Å². The Morgan fingerprint density at radius 2 is 1.53 bits per heavy atom. The maximum absolute atomic E-state index is 13.2. The summed E-state index contributed by atoms with van der Waals surface area (Å²) >= 11 is 0. The molecule has 0 bridgehead atoms. The fraction of sp³-hybridized carbons (Fsp3) is 0.323. The minimum Gasteiger partial charge on any atom is -0.480 e. The number of carbonyl (C=O) groups excluding carboxylic acids is 2. The first kappa shape index (κ1) is 26.9. The number of nitrogens with one attached hydrogen (secondary N) is 1. The molecule has 0 aliphatic heterocycles. The van der Waals surface area contributed by atoms with Crippen LogP contribution in [-0.4, -0.2) is 47.2 Å². The largest absolute Gasteiger partial charge is 0.480 e. The standard InChI is InChI=1S/C31H34N2O5/c1-2-3-13-23(18-29(34)33(20-30(35)36)19-22-11-5-4-6-12-22)32-31(37)38-21-28-26-16-9-7-14-24(26)25-15-8-10-17-27(25)28/h4-12,14-17,23,28H,2-3,13,18-21H2,1H3,(H,32,37)(H,35,36). The number of ether oxygens (including phenoxy) is 1. The van der Waals surface area contributed by atoms with Crippen LogP contribution in [0.2, 0.25) is 0 Å². The highest BCUT2D eigenvalue weighted by Gasteiger charge is 2.29. The molecule has 0 fully saturated rings. The lowest BCUT2D eigenvalue weighted by Gasteiger charge is -2.25. The number of unbranched alkanes of at least 4 members (excludes halogenated alkanes) is 1. The third-order valence-electron chi connectivity index (χ3n) is 6.89. The van der Waals surface area contributed by atoms with E-state index in [9.17, 15) is 19.5 Å². The molecule has 2 amide bonds. The summed E-state index contributed by atoms with van der Waals surface area (Å²) in [5.74, 6) is -1.46. The second kappa shape index (κ2) is 12.9. The van der Waals surface area contributed by atoms with E-state index in [0.29, 0.717) is 6.42 Å². The van der Waals surface area contributed by atoms with E-state index in [0.717, 1.165) is 40.7 Å². The Bertz CT molecular complexity index is 1210. The number of carbonyl (C=O) groups is 3. The number of rotatable bonds is 12. The fourth-order valence-electron chi connectivity index (χ4n) is 5.02. The summed E-state index contributed by atoms with van der Waals surface area (Å²) in [7, 11) is 0. The third-order valence-corrected chi connectivity index (χ3v) is 6.89. The molecule has 0 saturated heterocycles. The van der Waals surface area contributed by atoms with Crippen LogP contribution >= 0.6 is 0 Å². The summed E-state index contributed by atoms with van der Waals surface area (Å²) in [5, 5.41) is 12.2. The Kier molecular flexibility index (Phi) is 9.14. The van der Waals surface area contributed by atoms with Gasteiger partial charge >= 0.3 is 12.1 Å². The number of alkyl carbamates (subject to hydrolysis) is 1. The van der Waals surface area contributed by atoms with Gasteiger partial charge in [0.05, 0.1) is 0 Å². The van der Waals surface area contributed by atoms with Gasteiger partial charge in [-0.25, -0.2) is 4.79 Å². The van der Waals surface area contributed by atoms with Gasteiger partial charge in [-0.05, 0) is 34.2 Å². The molecule has 1 aliphatic carbocycles. The molecule has 1 aliphatic rings. The van der Waals surface area contributed by atoms with Crippen molar-refractivity contribution < 1.29 is 24.2 Å². The van der Waals surface area contributed by atoms with E-state index in [1.807, 2.05) is 61.5 Å². The molecule has 7 heteroatoms. The maximum atomic E-state index is 13.2. The predicted molar refractivity (Wildman–Crippen MR) is 146 cm³/mol. The minimum atomic E-state index is -1.08. The predicted octanol–water partition coefficient (Wildman–Crippen LogP) is 5.59. The first-order valence-electron chi connectivity index (χ1n) is 13.1. The molecule has 1 atom stereocenters. The zero-order chi connectivity index (χ0) is 26.9. The number of benzene rings is 3. The van der Waals surface area contributed by atoms with E-state index in [-0.39, 0.29) is 31.4 Å². The number of hydrogen-bond donors (Lipinski definition) is 2. The van der Waals surface area contributed by atoms with Crippen LogP contribution in [0.1, 0.15) is 55.2 Å². The van der Waals surface area contributed by atoms with E-state index < -0.39 is 24.6 Å². The number of carboxylic acid groups (broad SMARTS) is 1. The fourth-order valence-corrected chi connectivity index (χ4v) is 5.02. The molecule has 0 radical (unpaired) electrons. The number of aliphatic carboxylic acids is 1. The van der Waals surface area contributed by atoms with Crippen molar-refractivity contribution in [2.24, 2.45) is 0 Å². The van der Waals surface area contributed by atoms with Gasteiger partial charge in [0.1, 0.15) is 13.2 Å². The first-order valence-corrected chi connectivity index (χ1v) is 13.1. The SMILES string of the molecule is CCCCC(CC(=O)N(CC(=O)O)Cc1ccccc1)NC(=O)OCC1c2ccccc2-c2ccccc21. The zero-order valence-electron chi connectivity index (χ0n) is 21.6. The molecule has 0 spiro atoms. The van der Waals surface area contributed by atoms with Gasteiger partial charge in [-0.15, -0.1) is 0 Å². The highest BCUT2D eigenvalue weighted by molar-refractivity contribution is 5.82. The monoisotopic (exact) mass is 514 g/mol. The van der Waals surface area contributed by atoms with Crippen LogP contribution in [0.5, 0.6) is 0 Å². The summed E-state index contributed by atoms with van der Waals surface area (Å²) in [4.78, 5) is 38.8. The summed E-state index contributed by atoms with van der Waals surface area (Å²) < 4.78 is 5.68. The summed E-state index contributed by atoms with van der Waals surface area (Å²) in [6, 6.07) is 25.1. The number of hydrogen-bond acceptors (Lipinski definition) is 4. The van der Waals surface area contributed by atoms with E-state index >= 15 is 0 Å². The maximum Gasteiger partial charge on any atom is 0.407 e. The minimum absolute atomic E-state index is 0.00427. The van der Waals surface area contributed by atoms with Gasteiger partial charge in [-0.1, -0.05) is 98.6 Å². The van der Waals surface area contributed by atoms with Gasteiger partial charge in [0.2, 0.25) is 5.91 Å². The second-order valence-corrected chi connectivity index (χ2v) is 9.64. The van der Waals surface area contributed by atoms with Crippen molar-refractivity contribution in [3.63, 3.8) is 0 Å². The number of nitrogens with zero attached hydrogens (tertiary/aromatic N) is 1. The summed E-state index contributed by atoms with van der Waals surface area (Å²) in [6.45, 7) is 2.02. The Morgan fingerprint density at radius 3 is 2.13 bits per heavy atom. The van der Waals surface area contributed by atoms with Crippen LogP contribution in [0.15, 0.2) is 78.9 Å². The molecule has 3 aromatic carbocycles. The molecule has 2 N–H and O–H groups in total. The molecule has 0 aromatic heterocycles. The van der Waals surface area contributed by atoms with E-state index in [1.54, 1.807) is 0 Å². The molecule has 3 aromatic rings. The van der Waals surface area contributed by atoms with Crippen molar-refractivity contribution in [3.05, 3.63) is 95.6 Å². The molecule has 0 heterocycles. The molecule has 0 saturated carbocycles. The molecule has 1 unspecified atom stereocenters. The Balaban J connectivity index is 1.39. The molecule has 198 valence electrons. The molecule has 38 heavy (non-hydrogen) atoms. The second-order valence-electron chi connectivity index (χ2n) is 9.64. The highest BCUT2D eigenvalue weighted by Crippen LogP contribution is 2.44. The number of carboxylic acids is 1. The van der Waals surface area contributed by atoms with Crippen molar-refractivity contribution in [3.8, 4) is 11.1 Å². The van der Waals surface area contributed by atoms with E-state index in [4.69, 9.17) is 4.74 Å². The van der Waals surface area contributed by atoms with Gasteiger partial charge in [0.25, 0.3) is 0 Å². The molecule has 4 rings (SSSR count). The highest BCUT2D eigenvalue weighted by atomic mass is 16.5. The van der Waals surface area contributed by atoms with Gasteiger partial charge in [0, 0.05) is 24.9 Å². The number of amides is 2. The van der Waals surface area contributed by atoms with Crippen LogP contribution in [0.4, 0.5) is 4.79 Å². The molecular formula is C31H34N2O5. The lowest BCUT2D eigenvalue weighted by atomic mass is 9.98. The summed E-state index contributed by atoms with van der Waals surface area (Å²) in [6.07, 6.45) is 1.75. The van der Waals surface area contributed by atoms with Crippen LogP contribution in [0, 0.1) is 0 Å². The zero-order valence-corrected chi connectivity index (χ0v) is 21.6. The number of fused-ring (bicyclic) bond motifs is 3. The van der Waals surface area contributed by atoms with Gasteiger partial charge in [0.15, 0.2) is 0 Å². The normalized spacial score (nSPS) is 12.8. The van der Waals surface area contributed by atoms with Crippen molar-refractivity contribution >= 4 is 18.0 Å². The molecular weight excluding hydrogens is 480 g/mol. The Morgan fingerprint density at radius 1 is 0.921 bits per heavy atom. The van der Waals surface area contributed by atoms with Crippen molar-refractivity contribution in [1.29, 1.82) is 0 Å². The third kappa shape index (κ3) is 6.79. The lowest BCUT2D eigenvalue weighted by Crippen LogP contribution is -2.42. The van der Waals surface area contributed by atoms with Gasteiger partial charge in [-0.3, -0.25) is 9.59 Å². The van der Waals surface area contributed by atoms with Crippen LogP contribution in [0.25, 0.3) is 11.1 Å². The van der Waals surface area contributed by atoms with Crippen molar-refractivity contribution in [2.45, 2.75) is 51.1 Å². The Labute approximate surface area is 223 Å². The van der Waals surface area contributed by atoms with Gasteiger partial charge in [-0.2, -0.15) is 0 Å². The average molecular weight is 515 g/mol. The van der Waals surface area contributed by atoms with Gasteiger partial charge < -0.3 is 20.1 Å².